The first-order chi connectivity index (χ1) is 10.3. The zero-order chi connectivity index (χ0) is 14.9. The largest absolute Gasteiger partial charge is 0.492 e. The van der Waals surface area contributed by atoms with Crippen LogP contribution in [0.2, 0.25) is 0 Å². The van der Waals surface area contributed by atoms with Crippen LogP contribution in [-0.2, 0) is 6.42 Å². The maximum Gasteiger partial charge on any atom is 0.119 e. The maximum absolute atomic E-state index is 8.66. The Labute approximate surface area is 128 Å². The van der Waals surface area contributed by atoms with E-state index in [9.17, 15) is 0 Å². The van der Waals surface area contributed by atoms with Crippen LogP contribution >= 0.6 is 0 Å². The van der Waals surface area contributed by atoms with E-state index in [1.54, 1.807) is 0 Å². The summed E-state index contributed by atoms with van der Waals surface area (Å²) in [6.45, 7) is 5.09. The third-order valence-corrected chi connectivity index (χ3v) is 4.35. The van der Waals surface area contributed by atoms with Gasteiger partial charge in [-0.25, -0.2) is 0 Å². The molecule has 0 amide bonds. The Morgan fingerprint density at radius 2 is 1.90 bits per heavy atom. The van der Waals surface area contributed by atoms with E-state index in [-0.39, 0.29) is 0 Å². The second-order valence-electron chi connectivity index (χ2n) is 5.75. The van der Waals surface area contributed by atoms with Gasteiger partial charge in [-0.3, -0.25) is 4.90 Å². The molecule has 0 aromatic heterocycles. The van der Waals surface area contributed by atoms with Gasteiger partial charge in [-0.05, 0) is 37.1 Å². The molecule has 1 aliphatic rings. The molecule has 3 heteroatoms. The average molecular weight is 286 g/mol. The van der Waals surface area contributed by atoms with Crippen molar-refractivity contribution in [2.24, 2.45) is 0 Å². The van der Waals surface area contributed by atoms with Gasteiger partial charge in [0.2, 0.25) is 0 Å². The lowest BCUT2D eigenvalue weighted by Crippen LogP contribution is -2.39. The molecule has 0 atom stereocenters. The van der Waals surface area contributed by atoms with Crippen molar-refractivity contribution in [2.75, 3.05) is 19.7 Å². The predicted octanol–water partition coefficient (Wildman–Crippen LogP) is 3.79. The van der Waals surface area contributed by atoms with Gasteiger partial charge in [0, 0.05) is 12.6 Å². The molecule has 0 spiro atoms. The molecule has 1 aromatic rings. The summed E-state index contributed by atoms with van der Waals surface area (Å²) in [5.41, 5.74) is 1.04. The molecule has 2 rings (SSSR count). The second-order valence-corrected chi connectivity index (χ2v) is 5.75. The monoisotopic (exact) mass is 286 g/mol. The Bertz CT molecular complexity index is 443. The van der Waals surface area contributed by atoms with Crippen LogP contribution in [0.25, 0.3) is 0 Å². The lowest BCUT2D eigenvalue weighted by Gasteiger charge is -2.33. The minimum absolute atomic E-state index is 0.464. The molecule has 0 bridgehead atoms. The molecule has 0 saturated heterocycles. The summed E-state index contributed by atoms with van der Waals surface area (Å²) < 4.78 is 5.84. The molecule has 114 valence electrons. The van der Waals surface area contributed by atoms with Crippen LogP contribution in [0.1, 0.15) is 44.6 Å². The zero-order valence-electron chi connectivity index (χ0n) is 13.1. The van der Waals surface area contributed by atoms with Crippen molar-refractivity contribution in [1.82, 2.24) is 4.90 Å². The Kier molecular flexibility index (Phi) is 6.56. The number of benzene rings is 1. The van der Waals surface area contributed by atoms with Crippen molar-refractivity contribution >= 4 is 0 Å². The van der Waals surface area contributed by atoms with E-state index in [0.717, 1.165) is 37.1 Å². The highest BCUT2D eigenvalue weighted by atomic mass is 16.5. The van der Waals surface area contributed by atoms with Crippen LogP contribution in [0.3, 0.4) is 0 Å². The Morgan fingerprint density at radius 3 is 2.52 bits per heavy atom. The number of nitrogens with zero attached hydrogens (tertiary/aromatic N) is 2. The van der Waals surface area contributed by atoms with Crippen molar-refractivity contribution in [2.45, 2.75) is 51.5 Å². The molecule has 0 heterocycles. The Morgan fingerprint density at radius 1 is 1.19 bits per heavy atom. The lowest BCUT2D eigenvalue weighted by molar-refractivity contribution is 0.137. The van der Waals surface area contributed by atoms with Crippen LogP contribution in [0.4, 0.5) is 0 Å². The number of ether oxygens (including phenoxy) is 1. The van der Waals surface area contributed by atoms with Gasteiger partial charge in [0.05, 0.1) is 12.5 Å². The van der Waals surface area contributed by atoms with E-state index in [1.807, 2.05) is 24.3 Å². The molecule has 3 nitrogen and oxygen atoms in total. The number of nitriles is 1. The number of hydrogen-bond donors (Lipinski definition) is 0. The fraction of sp³-hybridized carbons (Fsp3) is 0.611. The van der Waals surface area contributed by atoms with E-state index in [1.165, 1.54) is 32.1 Å². The van der Waals surface area contributed by atoms with Crippen molar-refractivity contribution in [3.63, 3.8) is 0 Å². The van der Waals surface area contributed by atoms with Gasteiger partial charge in [0.15, 0.2) is 0 Å². The second kappa shape index (κ2) is 8.69. The molecule has 0 radical (unpaired) electrons. The number of likely N-dealkylation sites (N-methyl/N-ethyl adjacent to an activating group) is 1. The van der Waals surface area contributed by atoms with E-state index < -0.39 is 0 Å². The Hall–Kier alpha value is -1.53. The highest BCUT2D eigenvalue weighted by molar-refractivity contribution is 5.28. The molecular weight excluding hydrogens is 260 g/mol. The average Bonchev–Trinajstić information content (AvgIpc) is 2.54. The summed E-state index contributed by atoms with van der Waals surface area (Å²) in [6, 6.07) is 10.8. The van der Waals surface area contributed by atoms with Crippen molar-refractivity contribution in [3.05, 3.63) is 29.8 Å². The third kappa shape index (κ3) is 5.06. The summed E-state index contributed by atoms with van der Waals surface area (Å²) in [4.78, 5) is 2.56. The van der Waals surface area contributed by atoms with Gasteiger partial charge in [-0.2, -0.15) is 5.26 Å². The summed E-state index contributed by atoms with van der Waals surface area (Å²) >= 11 is 0. The summed E-state index contributed by atoms with van der Waals surface area (Å²) in [5, 5.41) is 8.66. The Balaban J connectivity index is 1.75. The fourth-order valence-electron chi connectivity index (χ4n) is 3.12. The molecule has 1 aromatic carbocycles. The first-order valence-electron chi connectivity index (χ1n) is 8.16. The molecule has 1 fully saturated rings. The molecule has 0 aliphatic heterocycles. The van der Waals surface area contributed by atoms with Crippen LogP contribution in [0.15, 0.2) is 24.3 Å². The first-order valence-corrected chi connectivity index (χ1v) is 8.16. The SMILES string of the molecule is CCN(CCOc1ccc(CC#N)cc1)C1CCCCC1. The van der Waals surface area contributed by atoms with Gasteiger partial charge >= 0.3 is 0 Å². The molecule has 0 N–H and O–H groups in total. The topological polar surface area (TPSA) is 36.3 Å². The van der Waals surface area contributed by atoms with Gasteiger partial charge in [0.25, 0.3) is 0 Å². The quantitative estimate of drug-likeness (QED) is 0.765. The van der Waals surface area contributed by atoms with E-state index >= 15 is 0 Å². The summed E-state index contributed by atoms with van der Waals surface area (Å²) in [6.07, 6.45) is 7.31. The van der Waals surface area contributed by atoms with Crippen LogP contribution in [-0.4, -0.2) is 30.6 Å². The predicted molar refractivity (Wildman–Crippen MR) is 85.4 cm³/mol. The fourth-order valence-corrected chi connectivity index (χ4v) is 3.12. The molecule has 21 heavy (non-hydrogen) atoms. The van der Waals surface area contributed by atoms with Gasteiger partial charge in [0.1, 0.15) is 12.4 Å². The van der Waals surface area contributed by atoms with Gasteiger partial charge in [-0.1, -0.05) is 38.3 Å². The zero-order valence-corrected chi connectivity index (χ0v) is 13.1. The highest BCUT2D eigenvalue weighted by Gasteiger charge is 2.19. The van der Waals surface area contributed by atoms with Gasteiger partial charge < -0.3 is 4.74 Å². The van der Waals surface area contributed by atoms with Gasteiger partial charge in [-0.15, -0.1) is 0 Å². The van der Waals surface area contributed by atoms with Crippen LogP contribution in [0, 0.1) is 11.3 Å². The molecule has 1 saturated carbocycles. The number of rotatable bonds is 7. The van der Waals surface area contributed by atoms with Crippen molar-refractivity contribution < 1.29 is 4.74 Å². The smallest absolute Gasteiger partial charge is 0.119 e. The normalized spacial score (nSPS) is 15.9. The molecule has 0 unspecified atom stereocenters. The molecule has 1 aliphatic carbocycles. The summed E-state index contributed by atoms with van der Waals surface area (Å²) in [5.74, 6) is 0.899. The number of hydrogen-bond acceptors (Lipinski definition) is 3. The molecular formula is C18H26N2O. The van der Waals surface area contributed by atoms with E-state index in [4.69, 9.17) is 10.00 Å². The minimum Gasteiger partial charge on any atom is -0.492 e. The highest BCUT2D eigenvalue weighted by Crippen LogP contribution is 2.22. The van der Waals surface area contributed by atoms with Crippen molar-refractivity contribution in [1.29, 1.82) is 5.26 Å². The first kappa shape index (κ1) is 15.9. The standard InChI is InChI=1S/C18H26N2O/c1-2-20(17-6-4-3-5-7-17)14-15-21-18-10-8-16(9-11-18)12-13-19/h8-11,17H,2-7,12,14-15H2,1H3. The van der Waals surface area contributed by atoms with Crippen LogP contribution < -0.4 is 4.74 Å². The van der Waals surface area contributed by atoms with Crippen LogP contribution in [0.5, 0.6) is 5.75 Å². The summed E-state index contributed by atoms with van der Waals surface area (Å²) in [7, 11) is 0. The van der Waals surface area contributed by atoms with E-state index in [0.29, 0.717) is 6.42 Å². The van der Waals surface area contributed by atoms with Crippen molar-refractivity contribution in [3.8, 4) is 11.8 Å². The maximum atomic E-state index is 8.66. The lowest BCUT2D eigenvalue weighted by atomic mass is 9.94. The third-order valence-electron chi connectivity index (χ3n) is 4.35. The minimum atomic E-state index is 0.464. The van der Waals surface area contributed by atoms with E-state index in [2.05, 4.69) is 17.9 Å².